The molecule has 0 fully saturated rings. The Morgan fingerprint density at radius 2 is 1.84 bits per heavy atom. The van der Waals surface area contributed by atoms with E-state index < -0.39 is 7.26 Å². The van der Waals surface area contributed by atoms with Gasteiger partial charge in [-0.3, -0.25) is 13.8 Å². The SMILES string of the molecule is FB1n2c(c3cccc4cccc2c43)=Nc2c3nccnc3cc[n+]21. The highest BCUT2D eigenvalue weighted by atomic mass is 19.1. The Morgan fingerprint density at radius 1 is 1.00 bits per heavy atom. The summed E-state index contributed by atoms with van der Waals surface area (Å²) in [6.07, 6.45) is 4.91. The molecule has 5 nitrogen and oxygen atoms in total. The van der Waals surface area contributed by atoms with Gasteiger partial charge in [-0.1, -0.05) is 24.3 Å². The highest BCUT2D eigenvalue weighted by molar-refractivity contribution is 6.42. The summed E-state index contributed by atoms with van der Waals surface area (Å²) in [5, 5.41) is 3.07. The molecule has 4 heterocycles. The Bertz CT molecular complexity index is 1370. The number of hydrogen-bond donors (Lipinski definition) is 0. The lowest BCUT2D eigenvalue weighted by atomic mass is 10.0. The Morgan fingerprint density at radius 3 is 2.76 bits per heavy atom. The molecule has 1 aliphatic rings. The van der Waals surface area contributed by atoms with Crippen LogP contribution in [0, 0.1) is 0 Å². The van der Waals surface area contributed by atoms with Crippen molar-refractivity contribution in [3.05, 3.63) is 66.5 Å². The highest BCUT2D eigenvalue weighted by Gasteiger charge is 2.40. The summed E-state index contributed by atoms with van der Waals surface area (Å²) < 4.78 is 18.7. The topological polar surface area (TPSA) is 47.0 Å². The van der Waals surface area contributed by atoms with Crippen LogP contribution in [0.1, 0.15) is 0 Å². The molecule has 0 amide bonds. The molecule has 0 aliphatic carbocycles. The molecule has 3 aromatic heterocycles. The van der Waals surface area contributed by atoms with Gasteiger partial charge in [0.25, 0.3) is 0 Å². The predicted octanol–water partition coefficient (Wildman–Crippen LogP) is 2.36. The van der Waals surface area contributed by atoms with Crippen molar-refractivity contribution in [2.24, 2.45) is 4.99 Å². The summed E-state index contributed by atoms with van der Waals surface area (Å²) >= 11 is 0. The Hall–Kier alpha value is -3.35. The maximum Gasteiger partial charge on any atom is 0.727 e. The van der Waals surface area contributed by atoms with Crippen LogP contribution >= 0.6 is 0 Å². The predicted molar refractivity (Wildman–Crippen MR) is 93.2 cm³/mol. The van der Waals surface area contributed by atoms with E-state index in [-0.39, 0.29) is 0 Å². The van der Waals surface area contributed by atoms with Crippen LogP contribution in [0.4, 0.5) is 10.1 Å². The van der Waals surface area contributed by atoms with Crippen LogP contribution in [0.25, 0.3) is 32.7 Å². The Balaban J connectivity index is 1.88. The minimum absolute atomic E-state index is 0.495. The van der Waals surface area contributed by atoms with Crippen molar-refractivity contribution >= 4 is 45.8 Å². The first-order valence-electron chi connectivity index (χ1n) is 8.02. The number of benzene rings is 2. The van der Waals surface area contributed by atoms with Gasteiger partial charge in [0.05, 0.1) is 11.6 Å². The molecule has 0 saturated carbocycles. The van der Waals surface area contributed by atoms with Gasteiger partial charge in [-0.25, -0.2) is 9.46 Å². The second-order valence-electron chi connectivity index (χ2n) is 6.13. The molecule has 0 bridgehead atoms. The van der Waals surface area contributed by atoms with E-state index in [0.717, 1.165) is 21.7 Å². The van der Waals surface area contributed by atoms with Crippen molar-refractivity contribution < 1.29 is 8.79 Å². The van der Waals surface area contributed by atoms with Gasteiger partial charge in [0.1, 0.15) is 5.52 Å². The van der Waals surface area contributed by atoms with E-state index in [1.807, 2.05) is 36.4 Å². The normalized spacial score (nSPS) is 13.2. The molecular weight excluding hydrogens is 316 g/mol. The van der Waals surface area contributed by atoms with E-state index in [1.165, 1.54) is 4.48 Å². The van der Waals surface area contributed by atoms with Gasteiger partial charge >= 0.3 is 13.1 Å². The molecule has 5 aromatic rings. The summed E-state index contributed by atoms with van der Waals surface area (Å²) in [7, 11) is -1.38. The second-order valence-corrected chi connectivity index (χ2v) is 6.13. The number of nitrogens with zero attached hydrogens (tertiary/aromatic N) is 5. The number of aromatic nitrogens is 4. The number of halogens is 1. The van der Waals surface area contributed by atoms with Crippen LogP contribution < -0.4 is 9.97 Å². The van der Waals surface area contributed by atoms with E-state index in [0.29, 0.717) is 22.3 Å². The van der Waals surface area contributed by atoms with Crippen LogP contribution in [0.15, 0.2) is 66.0 Å². The standard InChI is InChI=1S/C18H10BFN5/c20-19-24-10-7-13-16(22-9-8-21-13)18(24)23-17-12-5-1-3-11-4-2-6-14(15(11)12)25(17)19/h1-10H/q+1. The lowest BCUT2D eigenvalue weighted by Gasteiger charge is -2.10. The van der Waals surface area contributed by atoms with Gasteiger partial charge in [-0.2, -0.15) is 0 Å². The lowest BCUT2D eigenvalue weighted by molar-refractivity contribution is -0.534. The third-order valence-corrected chi connectivity index (χ3v) is 4.84. The first-order chi connectivity index (χ1) is 12.3. The van der Waals surface area contributed by atoms with Crippen LogP contribution in [-0.2, 0) is 0 Å². The zero-order valence-electron chi connectivity index (χ0n) is 13.0. The minimum Gasteiger partial charge on any atom is -0.274 e. The smallest absolute Gasteiger partial charge is 0.274 e. The number of pyridine rings is 1. The van der Waals surface area contributed by atoms with Crippen LogP contribution in [-0.4, -0.2) is 21.7 Å². The van der Waals surface area contributed by atoms with Crippen molar-refractivity contribution in [2.45, 2.75) is 0 Å². The summed E-state index contributed by atoms with van der Waals surface area (Å²) in [6.45, 7) is 0. The van der Waals surface area contributed by atoms with E-state index in [1.54, 1.807) is 29.1 Å². The van der Waals surface area contributed by atoms with Crippen LogP contribution in [0.3, 0.4) is 0 Å². The Labute approximate surface area is 141 Å². The molecule has 0 radical (unpaired) electrons. The largest absolute Gasteiger partial charge is 0.727 e. The van der Waals surface area contributed by atoms with E-state index in [4.69, 9.17) is 4.99 Å². The average molecular weight is 326 g/mol. The third-order valence-electron chi connectivity index (χ3n) is 4.84. The zero-order chi connectivity index (χ0) is 16.5. The molecule has 0 atom stereocenters. The van der Waals surface area contributed by atoms with Gasteiger partial charge in [0.15, 0.2) is 5.52 Å². The molecule has 6 rings (SSSR count). The fourth-order valence-electron chi connectivity index (χ4n) is 3.78. The lowest BCUT2D eigenvalue weighted by Crippen LogP contribution is -2.58. The maximum absolute atomic E-state index is 15.5. The molecular formula is C18H10BFN5+. The third kappa shape index (κ3) is 1.52. The molecule has 116 valence electrons. The maximum atomic E-state index is 15.5. The number of rotatable bonds is 0. The van der Waals surface area contributed by atoms with Crippen molar-refractivity contribution in [3.8, 4) is 0 Å². The average Bonchev–Trinajstić information content (AvgIpc) is 2.98. The van der Waals surface area contributed by atoms with Crippen LogP contribution in [0.5, 0.6) is 0 Å². The monoisotopic (exact) mass is 326 g/mol. The van der Waals surface area contributed by atoms with E-state index >= 15 is 4.32 Å². The summed E-state index contributed by atoms with van der Waals surface area (Å²) in [6, 6.07) is 13.7. The number of fused-ring (bicyclic) bond motifs is 6. The first-order valence-corrected chi connectivity index (χ1v) is 8.02. The molecule has 0 spiro atoms. The van der Waals surface area contributed by atoms with Gasteiger partial charge in [-0.05, 0) is 22.5 Å². The molecule has 7 heteroatoms. The Kier molecular flexibility index (Phi) is 2.28. The van der Waals surface area contributed by atoms with Gasteiger partial charge < -0.3 is 0 Å². The van der Waals surface area contributed by atoms with Gasteiger partial charge in [0.2, 0.25) is 5.49 Å². The molecule has 0 N–H and O–H groups in total. The molecule has 2 aromatic carbocycles. The van der Waals surface area contributed by atoms with E-state index in [2.05, 4.69) is 9.97 Å². The van der Waals surface area contributed by atoms with Gasteiger partial charge in [-0.15, -0.1) is 0 Å². The molecule has 0 saturated heterocycles. The number of hydrogen-bond acceptors (Lipinski definition) is 3. The zero-order valence-corrected chi connectivity index (χ0v) is 13.0. The van der Waals surface area contributed by atoms with Crippen LogP contribution in [0.2, 0.25) is 0 Å². The van der Waals surface area contributed by atoms with E-state index in [9.17, 15) is 0 Å². The highest BCUT2D eigenvalue weighted by Crippen LogP contribution is 2.28. The molecule has 0 unspecified atom stereocenters. The van der Waals surface area contributed by atoms with Crippen molar-refractivity contribution in [2.75, 3.05) is 0 Å². The fraction of sp³-hybridized carbons (Fsp3) is 0. The van der Waals surface area contributed by atoms with Crippen molar-refractivity contribution in [1.29, 1.82) is 0 Å². The first kappa shape index (κ1) is 13.0. The summed E-state index contributed by atoms with van der Waals surface area (Å²) in [4.78, 5) is 13.5. The van der Waals surface area contributed by atoms with Crippen molar-refractivity contribution in [3.63, 3.8) is 0 Å². The fourth-order valence-corrected chi connectivity index (χ4v) is 3.78. The molecule has 1 aliphatic heterocycles. The molecule has 25 heavy (non-hydrogen) atoms. The van der Waals surface area contributed by atoms with Gasteiger partial charge in [0, 0.05) is 29.4 Å². The minimum atomic E-state index is -1.38. The summed E-state index contributed by atoms with van der Waals surface area (Å²) in [5.74, 6) is 0.495. The van der Waals surface area contributed by atoms with Crippen molar-refractivity contribution in [1.82, 2.24) is 14.4 Å². The quantitative estimate of drug-likeness (QED) is 0.410. The summed E-state index contributed by atoms with van der Waals surface area (Å²) in [5.41, 5.74) is 2.77. The second kappa shape index (κ2) is 4.39.